The van der Waals surface area contributed by atoms with Crippen molar-refractivity contribution in [2.24, 2.45) is 0 Å². The number of non-ortho nitro benzene ring substituents is 1. The lowest BCUT2D eigenvalue weighted by atomic mass is 9.77. The van der Waals surface area contributed by atoms with Gasteiger partial charge in [-0.05, 0) is 65.5 Å². The van der Waals surface area contributed by atoms with Crippen LogP contribution in [0.25, 0.3) is 5.57 Å². The van der Waals surface area contributed by atoms with E-state index >= 15 is 0 Å². The smallest absolute Gasteiger partial charge is 0.408 e. The van der Waals surface area contributed by atoms with Gasteiger partial charge in [0.05, 0.1) is 11.0 Å². The molecule has 1 aromatic rings. The topological polar surface area (TPSA) is 157 Å². The number of rotatable bonds is 5. The number of fused-ring (bicyclic) bond motifs is 1. The molecule has 0 saturated carbocycles. The third-order valence-corrected chi connectivity index (χ3v) is 6.53. The molecule has 2 saturated heterocycles. The molecule has 1 unspecified atom stereocenters. The van der Waals surface area contributed by atoms with Crippen molar-refractivity contribution in [2.45, 2.75) is 84.1 Å². The number of esters is 1. The summed E-state index contributed by atoms with van der Waals surface area (Å²) in [4.78, 5) is 65.2. The van der Waals surface area contributed by atoms with Crippen LogP contribution in [0.2, 0.25) is 0 Å². The van der Waals surface area contributed by atoms with Gasteiger partial charge in [0, 0.05) is 42.3 Å². The average Bonchev–Trinajstić information content (AvgIpc) is 3.22. The Balaban J connectivity index is 2.01. The molecule has 40 heavy (non-hydrogen) atoms. The molecule has 3 aliphatic rings. The molecule has 4 rings (SSSR count). The second-order valence-electron chi connectivity index (χ2n) is 12.0. The molecule has 12 heteroatoms. The average molecular weight is 555 g/mol. The quantitative estimate of drug-likeness (QED) is 0.184. The number of carbonyl (C=O) groups is 4. The number of alkyl carbamates (subject to hydrolysis) is 1. The number of nitro benzene ring substituents is 1. The number of nitrogens with one attached hydrogen (secondary N) is 2. The van der Waals surface area contributed by atoms with Gasteiger partial charge in [-0.15, -0.1) is 0 Å². The fraction of sp³-hybridized carbons (Fsp3) is 0.500. The molecular weight excluding hydrogens is 520 g/mol. The van der Waals surface area contributed by atoms with Crippen LogP contribution in [0.15, 0.2) is 41.1 Å². The normalized spacial score (nSPS) is 22.2. The Morgan fingerprint density at radius 1 is 1.10 bits per heavy atom. The first-order valence-electron chi connectivity index (χ1n) is 13.1. The summed E-state index contributed by atoms with van der Waals surface area (Å²) in [5, 5.41) is 17.2. The molecule has 3 heterocycles. The second kappa shape index (κ2) is 10.4. The number of amides is 3. The number of carbonyl (C=O) groups excluding carboxylic acids is 4. The predicted octanol–water partition coefficient (Wildman–Crippen LogP) is 3.36. The van der Waals surface area contributed by atoms with Gasteiger partial charge in [0.15, 0.2) is 0 Å². The van der Waals surface area contributed by atoms with Crippen molar-refractivity contribution in [3.63, 3.8) is 0 Å². The van der Waals surface area contributed by atoms with Crippen LogP contribution in [0.1, 0.15) is 66.4 Å². The molecule has 214 valence electrons. The molecule has 12 nitrogen and oxygen atoms in total. The van der Waals surface area contributed by atoms with E-state index in [9.17, 15) is 29.3 Å². The molecular formula is C28H34N4O8. The van der Waals surface area contributed by atoms with Crippen LogP contribution in [0.3, 0.4) is 0 Å². The predicted molar refractivity (Wildman–Crippen MR) is 144 cm³/mol. The lowest BCUT2D eigenvalue weighted by Crippen LogP contribution is -2.60. The minimum absolute atomic E-state index is 0.0998. The van der Waals surface area contributed by atoms with E-state index in [1.807, 2.05) is 0 Å². The Hall–Kier alpha value is -4.22. The first kappa shape index (κ1) is 28.8. The number of hydrogen-bond donors (Lipinski definition) is 2. The van der Waals surface area contributed by atoms with Crippen LogP contribution in [-0.4, -0.2) is 63.5 Å². The highest BCUT2D eigenvalue weighted by molar-refractivity contribution is 6.10. The number of hydrogen-bond acceptors (Lipinski definition) is 8. The fourth-order valence-electron chi connectivity index (χ4n) is 5.10. The van der Waals surface area contributed by atoms with E-state index in [0.29, 0.717) is 12.1 Å². The van der Waals surface area contributed by atoms with Crippen LogP contribution >= 0.6 is 0 Å². The molecule has 3 amide bonds. The van der Waals surface area contributed by atoms with Crippen molar-refractivity contribution >= 4 is 35.1 Å². The van der Waals surface area contributed by atoms with Gasteiger partial charge in [-0.3, -0.25) is 19.7 Å². The van der Waals surface area contributed by atoms with Gasteiger partial charge in [0.1, 0.15) is 16.9 Å². The van der Waals surface area contributed by atoms with Gasteiger partial charge in [0.2, 0.25) is 11.8 Å². The minimum atomic E-state index is -0.923. The summed E-state index contributed by atoms with van der Waals surface area (Å²) < 4.78 is 11.2. The number of benzene rings is 1. The van der Waals surface area contributed by atoms with Crippen molar-refractivity contribution < 1.29 is 33.6 Å². The Kier molecular flexibility index (Phi) is 7.48. The number of nitro groups is 1. The molecule has 0 aliphatic carbocycles. The zero-order valence-electron chi connectivity index (χ0n) is 23.5. The van der Waals surface area contributed by atoms with Crippen molar-refractivity contribution in [2.75, 3.05) is 6.54 Å². The molecule has 2 atom stereocenters. The first-order chi connectivity index (χ1) is 18.6. The number of ether oxygens (including phenoxy) is 2. The zero-order chi connectivity index (χ0) is 29.6. The third-order valence-electron chi connectivity index (χ3n) is 6.53. The fourth-order valence-corrected chi connectivity index (χ4v) is 5.10. The van der Waals surface area contributed by atoms with E-state index in [0.717, 1.165) is 0 Å². The zero-order valence-corrected chi connectivity index (χ0v) is 23.5. The van der Waals surface area contributed by atoms with E-state index < -0.39 is 46.2 Å². The van der Waals surface area contributed by atoms with E-state index in [2.05, 4.69) is 10.6 Å². The highest BCUT2D eigenvalue weighted by Crippen LogP contribution is 2.44. The van der Waals surface area contributed by atoms with Crippen LogP contribution in [0.4, 0.5) is 10.5 Å². The summed E-state index contributed by atoms with van der Waals surface area (Å²) in [6.07, 6.45) is -0.0924. The third kappa shape index (κ3) is 6.00. The Labute approximate surface area is 231 Å². The summed E-state index contributed by atoms with van der Waals surface area (Å²) in [6, 6.07) is 4.42. The number of β-lactam (4-membered cyclic amide) rings is 1. The van der Waals surface area contributed by atoms with Gasteiger partial charge in [-0.1, -0.05) is 12.1 Å². The van der Waals surface area contributed by atoms with E-state index in [-0.39, 0.29) is 53.3 Å². The summed E-state index contributed by atoms with van der Waals surface area (Å²) in [5.74, 6) is -1.53. The summed E-state index contributed by atoms with van der Waals surface area (Å²) in [6.45, 7) is 10.5. The molecule has 0 spiro atoms. The molecule has 0 aromatic heterocycles. The van der Waals surface area contributed by atoms with E-state index in [1.54, 1.807) is 47.6 Å². The summed E-state index contributed by atoms with van der Waals surface area (Å²) in [7, 11) is 0. The Bertz CT molecular complexity index is 1350. The van der Waals surface area contributed by atoms with Crippen LogP contribution in [0.5, 0.6) is 0 Å². The highest BCUT2D eigenvalue weighted by Gasteiger charge is 2.50. The molecule has 0 radical (unpaired) electrons. The van der Waals surface area contributed by atoms with Gasteiger partial charge in [-0.2, -0.15) is 0 Å². The van der Waals surface area contributed by atoms with Crippen LogP contribution in [-0.2, 0) is 23.9 Å². The molecule has 2 N–H and O–H groups in total. The van der Waals surface area contributed by atoms with Crippen molar-refractivity contribution in [3.8, 4) is 0 Å². The van der Waals surface area contributed by atoms with Crippen LogP contribution < -0.4 is 10.6 Å². The summed E-state index contributed by atoms with van der Waals surface area (Å²) >= 11 is 0. The molecule has 2 fully saturated rings. The maximum Gasteiger partial charge on any atom is 0.408 e. The van der Waals surface area contributed by atoms with Gasteiger partial charge in [0.25, 0.3) is 5.69 Å². The SMILES string of the molecule is CC(C)(C)OC(=O)NC1C[C@@H]2CC(=O)N2C(C(=O)OC(C)(C)C)=C1C(=C1CCNC1=O)c1cccc([N+](=O)[O-])c1. The lowest BCUT2D eigenvalue weighted by Gasteiger charge is -2.48. The van der Waals surface area contributed by atoms with Gasteiger partial charge < -0.3 is 25.0 Å². The highest BCUT2D eigenvalue weighted by atomic mass is 16.6. The Morgan fingerprint density at radius 3 is 2.33 bits per heavy atom. The summed E-state index contributed by atoms with van der Waals surface area (Å²) in [5.41, 5.74) is -1.08. The van der Waals surface area contributed by atoms with Crippen LogP contribution in [0, 0.1) is 10.1 Å². The maximum absolute atomic E-state index is 13.8. The monoisotopic (exact) mass is 554 g/mol. The molecule has 1 aromatic carbocycles. The second-order valence-corrected chi connectivity index (χ2v) is 12.0. The maximum atomic E-state index is 13.8. The molecule has 3 aliphatic heterocycles. The van der Waals surface area contributed by atoms with E-state index in [4.69, 9.17) is 9.47 Å². The molecule has 0 bridgehead atoms. The van der Waals surface area contributed by atoms with E-state index in [1.165, 1.54) is 23.1 Å². The van der Waals surface area contributed by atoms with Gasteiger partial charge >= 0.3 is 12.1 Å². The van der Waals surface area contributed by atoms with Crippen molar-refractivity contribution in [1.82, 2.24) is 15.5 Å². The van der Waals surface area contributed by atoms with Crippen molar-refractivity contribution in [1.29, 1.82) is 0 Å². The first-order valence-corrected chi connectivity index (χ1v) is 13.1. The van der Waals surface area contributed by atoms with Gasteiger partial charge in [-0.25, -0.2) is 9.59 Å². The Morgan fingerprint density at radius 2 is 1.77 bits per heavy atom. The minimum Gasteiger partial charge on any atom is -0.455 e. The standard InChI is InChI=1S/C28H34N4O8/c1-27(2,3)39-25(35)23-22(19(13-17-14-20(33)31(17)23)30-26(36)40-28(4,5)6)21(18-10-11-29-24(18)34)15-8-7-9-16(12-15)32(37)38/h7-9,12,17,19H,10-11,13-14H2,1-6H3,(H,29,34)(H,30,36)/t17-,19?/m1/s1. The van der Waals surface area contributed by atoms with Crippen molar-refractivity contribution in [3.05, 3.63) is 56.8 Å². The largest absolute Gasteiger partial charge is 0.455 e. The lowest BCUT2D eigenvalue weighted by molar-refractivity contribution is -0.384. The number of nitrogens with zero attached hydrogens (tertiary/aromatic N) is 2.